The molecule has 29 heavy (non-hydrogen) atoms. The number of amides is 3. The van der Waals surface area contributed by atoms with Crippen LogP contribution in [-0.4, -0.2) is 56.6 Å². The van der Waals surface area contributed by atoms with Crippen LogP contribution in [0.15, 0.2) is 18.2 Å². The molecule has 0 aromatic heterocycles. The zero-order valence-electron chi connectivity index (χ0n) is 17.8. The minimum Gasteiger partial charge on any atom is -0.367 e. The number of urea groups is 1. The highest BCUT2D eigenvalue weighted by molar-refractivity contribution is 5.84. The Morgan fingerprint density at radius 1 is 1.24 bits per heavy atom. The number of nitrogens with zero attached hydrogens (tertiary/aromatic N) is 2. The van der Waals surface area contributed by atoms with Gasteiger partial charge in [-0.2, -0.15) is 0 Å². The topological polar surface area (TPSA) is 64.7 Å². The lowest BCUT2D eigenvalue weighted by molar-refractivity contribution is -0.138. The van der Waals surface area contributed by atoms with E-state index in [9.17, 15) is 14.0 Å². The Balaban J connectivity index is 1.56. The summed E-state index contributed by atoms with van der Waals surface area (Å²) in [7, 11) is 3.53. The molecule has 2 N–H and O–H groups in total. The normalized spacial score (nSPS) is 21.0. The van der Waals surface area contributed by atoms with Gasteiger partial charge in [-0.05, 0) is 50.3 Å². The largest absolute Gasteiger partial charge is 0.367 e. The molecule has 1 atom stereocenters. The third kappa shape index (κ3) is 5.00. The number of rotatable bonds is 5. The quantitative estimate of drug-likeness (QED) is 0.793. The Bertz CT molecular complexity index is 746. The van der Waals surface area contributed by atoms with Crippen LogP contribution in [0.2, 0.25) is 0 Å². The highest BCUT2D eigenvalue weighted by atomic mass is 19.1. The maximum Gasteiger partial charge on any atom is 0.315 e. The van der Waals surface area contributed by atoms with E-state index < -0.39 is 5.41 Å². The number of carbonyl (C=O) groups is 2. The molecule has 0 bridgehead atoms. The average Bonchev–Trinajstić information content (AvgIpc) is 3.18. The molecule has 0 spiro atoms. The van der Waals surface area contributed by atoms with Crippen LogP contribution in [0, 0.1) is 18.2 Å². The number of carbonyl (C=O) groups excluding carboxylic acids is 2. The van der Waals surface area contributed by atoms with E-state index >= 15 is 0 Å². The van der Waals surface area contributed by atoms with Gasteiger partial charge >= 0.3 is 6.03 Å². The molecular formula is C22H33FN4O2. The van der Waals surface area contributed by atoms with Gasteiger partial charge in [0, 0.05) is 39.8 Å². The minimum atomic E-state index is -0.482. The maximum absolute atomic E-state index is 14.2. The van der Waals surface area contributed by atoms with Crippen LogP contribution < -0.4 is 15.5 Å². The Hall–Kier alpha value is -2.31. The number of nitrogens with one attached hydrogen (secondary N) is 2. The Kier molecular flexibility index (Phi) is 6.65. The standard InChI is InChI=1S/C22H33FN4O2/c1-16-8-9-18(23)19(13-16)27-12-6-7-17(14-27)25-21(29)24-15-22(10-4-5-11-22)20(28)26(2)3/h8-9,13,17H,4-7,10-12,14-15H2,1-3H3,(H2,24,25,29). The zero-order chi connectivity index (χ0) is 21.0. The summed E-state index contributed by atoms with van der Waals surface area (Å²) >= 11 is 0. The molecule has 0 radical (unpaired) electrons. The smallest absolute Gasteiger partial charge is 0.315 e. The van der Waals surface area contributed by atoms with Crippen molar-refractivity contribution >= 4 is 17.6 Å². The summed E-state index contributed by atoms with van der Waals surface area (Å²) in [5.74, 6) is -0.139. The van der Waals surface area contributed by atoms with Gasteiger partial charge < -0.3 is 20.4 Å². The van der Waals surface area contributed by atoms with Crippen LogP contribution in [0.3, 0.4) is 0 Å². The first-order chi connectivity index (χ1) is 13.8. The van der Waals surface area contributed by atoms with Crippen molar-refractivity contribution in [1.29, 1.82) is 0 Å². The number of hydrogen-bond acceptors (Lipinski definition) is 3. The van der Waals surface area contributed by atoms with Gasteiger partial charge in [0.2, 0.25) is 5.91 Å². The average molecular weight is 405 g/mol. The SMILES string of the molecule is Cc1ccc(F)c(N2CCCC(NC(=O)NCC3(C(=O)N(C)C)CCCC3)C2)c1. The van der Waals surface area contributed by atoms with Gasteiger partial charge in [0.25, 0.3) is 0 Å². The lowest BCUT2D eigenvalue weighted by atomic mass is 9.84. The number of piperidine rings is 1. The van der Waals surface area contributed by atoms with Crippen molar-refractivity contribution in [1.82, 2.24) is 15.5 Å². The van der Waals surface area contributed by atoms with Gasteiger partial charge in [-0.1, -0.05) is 18.9 Å². The first-order valence-electron chi connectivity index (χ1n) is 10.6. The van der Waals surface area contributed by atoms with E-state index in [4.69, 9.17) is 0 Å². The van der Waals surface area contributed by atoms with Crippen LogP contribution in [0.5, 0.6) is 0 Å². The Morgan fingerprint density at radius 3 is 2.66 bits per heavy atom. The monoisotopic (exact) mass is 404 g/mol. The molecule has 6 nitrogen and oxygen atoms in total. The van der Waals surface area contributed by atoms with Crippen LogP contribution in [0.25, 0.3) is 0 Å². The van der Waals surface area contributed by atoms with E-state index in [0.29, 0.717) is 18.8 Å². The fourth-order valence-electron chi connectivity index (χ4n) is 4.66. The highest BCUT2D eigenvalue weighted by Gasteiger charge is 2.42. The molecule has 1 unspecified atom stereocenters. The second-order valence-corrected chi connectivity index (χ2v) is 8.75. The number of anilines is 1. The number of aryl methyl sites for hydroxylation is 1. The maximum atomic E-state index is 14.2. The number of hydrogen-bond donors (Lipinski definition) is 2. The molecule has 3 rings (SSSR count). The fraction of sp³-hybridized carbons (Fsp3) is 0.636. The molecule has 1 aromatic rings. The van der Waals surface area contributed by atoms with Crippen LogP contribution in [0.1, 0.15) is 44.1 Å². The second kappa shape index (κ2) is 9.01. The van der Waals surface area contributed by atoms with Gasteiger partial charge in [0.1, 0.15) is 5.82 Å². The van der Waals surface area contributed by atoms with Gasteiger partial charge in [-0.15, -0.1) is 0 Å². The zero-order valence-corrected chi connectivity index (χ0v) is 17.8. The summed E-state index contributed by atoms with van der Waals surface area (Å²) in [6, 6.07) is 4.82. The van der Waals surface area contributed by atoms with Crippen molar-refractivity contribution in [2.75, 3.05) is 38.6 Å². The molecule has 2 fully saturated rings. The summed E-state index contributed by atoms with van der Waals surface area (Å²) in [6.07, 6.45) is 5.41. The van der Waals surface area contributed by atoms with Crippen molar-refractivity contribution in [2.24, 2.45) is 5.41 Å². The van der Waals surface area contributed by atoms with Crippen molar-refractivity contribution in [3.8, 4) is 0 Å². The third-order valence-corrected chi connectivity index (χ3v) is 6.21. The van der Waals surface area contributed by atoms with Gasteiger partial charge in [0.15, 0.2) is 0 Å². The lowest BCUT2D eigenvalue weighted by Crippen LogP contribution is -2.53. The molecule has 1 heterocycles. The Labute approximate surface area is 172 Å². The summed E-state index contributed by atoms with van der Waals surface area (Å²) in [5.41, 5.74) is 1.13. The molecule has 3 amide bonds. The van der Waals surface area contributed by atoms with Gasteiger partial charge in [0.05, 0.1) is 11.1 Å². The molecule has 1 aliphatic carbocycles. The summed E-state index contributed by atoms with van der Waals surface area (Å²) in [6.45, 7) is 3.67. The second-order valence-electron chi connectivity index (χ2n) is 8.75. The molecule has 2 aliphatic rings. The van der Waals surface area contributed by atoms with Gasteiger partial charge in [-0.25, -0.2) is 9.18 Å². The molecule has 7 heteroatoms. The first-order valence-corrected chi connectivity index (χ1v) is 10.6. The molecular weight excluding hydrogens is 371 g/mol. The first kappa shape index (κ1) is 21.4. The molecule has 1 aliphatic heterocycles. The Morgan fingerprint density at radius 2 is 1.97 bits per heavy atom. The molecule has 1 aromatic carbocycles. The number of halogens is 1. The van der Waals surface area contributed by atoms with Crippen molar-refractivity contribution in [2.45, 2.75) is 51.5 Å². The van der Waals surface area contributed by atoms with E-state index in [1.165, 1.54) is 6.07 Å². The van der Waals surface area contributed by atoms with Crippen LogP contribution >= 0.6 is 0 Å². The van der Waals surface area contributed by atoms with E-state index in [0.717, 1.165) is 50.6 Å². The van der Waals surface area contributed by atoms with Crippen molar-refractivity contribution in [3.63, 3.8) is 0 Å². The highest BCUT2D eigenvalue weighted by Crippen LogP contribution is 2.38. The minimum absolute atomic E-state index is 0.0484. The summed E-state index contributed by atoms with van der Waals surface area (Å²) in [4.78, 5) is 28.8. The van der Waals surface area contributed by atoms with E-state index in [2.05, 4.69) is 10.6 Å². The van der Waals surface area contributed by atoms with Crippen LogP contribution in [0.4, 0.5) is 14.9 Å². The lowest BCUT2D eigenvalue weighted by Gasteiger charge is -2.35. The predicted octanol–water partition coefficient (Wildman–Crippen LogP) is 3.05. The van der Waals surface area contributed by atoms with Crippen LogP contribution in [-0.2, 0) is 4.79 Å². The third-order valence-electron chi connectivity index (χ3n) is 6.21. The predicted molar refractivity (Wildman–Crippen MR) is 113 cm³/mol. The molecule has 1 saturated heterocycles. The van der Waals surface area contributed by atoms with Gasteiger partial charge in [-0.3, -0.25) is 4.79 Å². The number of benzene rings is 1. The summed E-state index contributed by atoms with van der Waals surface area (Å²) in [5, 5.41) is 5.96. The fourth-order valence-corrected chi connectivity index (χ4v) is 4.66. The molecule has 160 valence electrons. The van der Waals surface area contributed by atoms with E-state index in [1.807, 2.05) is 17.9 Å². The van der Waals surface area contributed by atoms with Crippen molar-refractivity contribution < 1.29 is 14.0 Å². The summed E-state index contributed by atoms with van der Waals surface area (Å²) < 4.78 is 14.2. The van der Waals surface area contributed by atoms with Crippen molar-refractivity contribution in [3.05, 3.63) is 29.6 Å². The van der Waals surface area contributed by atoms with E-state index in [-0.39, 0.29) is 23.8 Å². The molecule has 1 saturated carbocycles. The van der Waals surface area contributed by atoms with E-state index in [1.54, 1.807) is 25.1 Å².